The van der Waals surface area contributed by atoms with E-state index >= 15 is 0 Å². The number of alkyl halides is 2. The monoisotopic (exact) mass is 681 g/mol. The van der Waals surface area contributed by atoms with Crippen LogP contribution in [-0.4, -0.2) is 73.7 Å². The number of amides is 2. The number of hydrogen-bond acceptors (Lipinski definition) is 9. The van der Waals surface area contributed by atoms with Crippen LogP contribution < -0.4 is 11.1 Å². The zero-order valence-electron chi connectivity index (χ0n) is 26.4. The fourth-order valence-electron chi connectivity index (χ4n) is 5.88. The number of H-pyrrole nitrogens is 1. The molecule has 2 amide bonds. The minimum atomic E-state index is -2.77. The lowest BCUT2D eigenvalue weighted by molar-refractivity contribution is -0.135. The van der Waals surface area contributed by atoms with Gasteiger partial charge >= 0.3 is 12.6 Å². The average molecular weight is 682 g/mol. The number of halogens is 3. The number of aliphatic imine (C=N–C) groups is 1. The normalized spacial score (nSPS) is 18.9. The van der Waals surface area contributed by atoms with Crippen LogP contribution in [0.3, 0.4) is 0 Å². The Kier molecular flexibility index (Phi) is 8.92. The number of nitrogens with two attached hydrogens (primary N) is 1. The predicted octanol–water partition coefficient (Wildman–Crippen LogP) is 5.04. The van der Waals surface area contributed by atoms with E-state index in [1.165, 1.54) is 23.6 Å². The maximum absolute atomic E-state index is 14.8. The van der Waals surface area contributed by atoms with Crippen molar-refractivity contribution in [2.45, 2.75) is 51.4 Å². The second-order valence-corrected chi connectivity index (χ2v) is 13.3. The molecule has 6 rings (SSSR count). The highest BCUT2D eigenvalue weighted by Gasteiger charge is 2.53. The van der Waals surface area contributed by atoms with Gasteiger partial charge in [-0.2, -0.15) is 19.0 Å². The van der Waals surface area contributed by atoms with E-state index in [1.807, 2.05) is 20.8 Å². The number of hydrogen-bond donors (Lipinski definition) is 3. The van der Waals surface area contributed by atoms with E-state index in [-0.39, 0.29) is 25.0 Å². The van der Waals surface area contributed by atoms with E-state index in [0.29, 0.717) is 56.6 Å². The van der Waals surface area contributed by atoms with Gasteiger partial charge in [0.15, 0.2) is 17.3 Å². The second-order valence-electron chi connectivity index (χ2n) is 12.9. The van der Waals surface area contributed by atoms with Gasteiger partial charge in [0.05, 0.1) is 36.5 Å². The van der Waals surface area contributed by atoms with E-state index in [4.69, 9.17) is 31.8 Å². The molecule has 0 bridgehead atoms. The van der Waals surface area contributed by atoms with Crippen molar-refractivity contribution in [3.8, 4) is 22.5 Å². The first-order valence-corrected chi connectivity index (χ1v) is 15.5. The van der Waals surface area contributed by atoms with Gasteiger partial charge in [-0.05, 0) is 40.7 Å². The van der Waals surface area contributed by atoms with Crippen molar-refractivity contribution in [2.24, 2.45) is 16.1 Å². The summed E-state index contributed by atoms with van der Waals surface area (Å²) in [6.07, 6.45) is 3.55. The van der Waals surface area contributed by atoms with Crippen LogP contribution in [0, 0.1) is 5.41 Å². The van der Waals surface area contributed by atoms with Crippen molar-refractivity contribution >= 4 is 29.6 Å². The van der Waals surface area contributed by atoms with Gasteiger partial charge in [0.1, 0.15) is 12.9 Å². The number of benzene rings is 2. The SMILES string of the molecule is CC(C)(C)C[C@]1(c2ccc(-c3cnn(C(F)F)c3)cc2)N=C(N)N([C@H](COC(=O)NC2COC2)c2ccc(Cl)c(-c3ncn[nH]3)c2)C1=O. The highest BCUT2D eigenvalue weighted by molar-refractivity contribution is 6.33. The molecule has 0 saturated carbocycles. The Balaban J connectivity index is 1.37. The molecule has 252 valence electrons. The van der Waals surface area contributed by atoms with E-state index in [2.05, 4.69) is 25.6 Å². The lowest BCUT2D eigenvalue weighted by Crippen LogP contribution is -2.50. The Labute approximate surface area is 279 Å². The maximum atomic E-state index is 14.8. The first-order valence-electron chi connectivity index (χ1n) is 15.1. The van der Waals surface area contributed by atoms with Crippen LogP contribution in [0.2, 0.25) is 5.02 Å². The van der Waals surface area contributed by atoms with Crippen LogP contribution in [0.4, 0.5) is 13.6 Å². The first-order chi connectivity index (χ1) is 22.8. The van der Waals surface area contributed by atoms with E-state index in [1.54, 1.807) is 42.5 Å². The van der Waals surface area contributed by atoms with Crippen LogP contribution in [0.15, 0.2) is 66.2 Å². The van der Waals surface area contributed by atoms with Gasteiger partial charge in [-0.3, -0.25) is 14.8 Å². The van der Waals surface area contributed by atoms with Crippen LogP contribution in [-0.2, 0) is 19.8 Å². The van der Waals surface area contributed by atoms with Crippen molar-refractivity contribution < 1.29 is 27.8 Å². The lowest BCUT2D eigenvalue weighted by atomic mass is 9.75. The number of aromatic nitrogens is 5. The van der Waals surface area contributed by atoms with Crippen LogP contribution in [0.1, 0.15) is 50.9 Å². The van der Waals surface area contributed by atoms with Crippen LogP contribution in [0.25, 0.3) is 22.5 Å². The predicted molar refractivity (Wildman–Crippen MR) is 172 cm³/mol. The van der Waals surface area contributed by atoms with Gasteiger partial charge in [-0.15, -0.1) is 0 Å². The third kappa shape index (κ3) is 6.60. The highest BCUT2D eigenvalue weighted by atomic mass is 35.5. The molecule has 13 nitrogen and oxygen atoms in total. The maximum Gasteiger partial charge on any atom is 0.407 e. The third-order valence-electron chi connectivity index (χ3n) is 8.10. The molecule has 4 N–H and O–H groups in total. The van der Waals surface area contributed by atoms with Crippen molar-refractivity contribution in [3.63, 3.8) is 0 Å². The summed E-state index contributed by atoms with van der Waals surface area (Å²) in [5.74, 6) is -0.0882. The van der Waals surface area contributed by atoms with Gasteiger partial charge in [0, 0.05) is 17.3 Å². The summed E-state index contributed by atoms with van der Waals surface area (Å²) in [6.45, 7) is 3.68. The quantitative estimate of drug-likeness (QED) is 0.209. The summed E-state index contributed by atoms with van der Waals surface area (Å²) in [6, 6.07) is 10.9. The Morgan fingerprint density at radius 1 is 1.21 bits per heavy atom. The number of carbonyl (C=O) groups is 2. The fraction of sp³-hybridized carbons (Fsp3) is 0.375. The Morgan fingerprint density at radius 2 is 1.96 bits per heavy atom. The van der Waals surface area contributed by atoms with Crippen molar-refractivity contribution in [1.29, 1.82) is 0 Å². The molecule has 2 atom stereocenters. The molecule has 16 heteroatoms. The van der Waals surface area contributed by atoms with Gasteiger partial charge in [0.2, 0.25) is 0 Å². The van der Waals surface area contributed by atoms with E-state index < -0.39 is 35.5 Å². The molecular formula is C32H34ClF2N9O4. The molecule has 1 saturated heterocycles. The number of rotatable bonds is 10. The van der Waals surface area contributed by atoms with Crippen molar-refractivity contribution in [3.05, 3.63) is 77.3 Å². The van der Waals surface area contributed by atoms with Gasteiger partial charge in [0.25, 0.3) is 5.91 Å². The molecule has 0 unspecified atom stereocenters. The number of aromatic amines is 1. The number of alkyl carbamates (subject to hydrolysis) is 1. The number of ether oxygens (including phenoxy) is 2. The standard InChI is InChI=1S/C32H34ClF2N9O4/c1-31(2,3)16-32(21-7-4-18(5-8-21)20-11-39-43(12-20)28(34)35)27(45)44(29(36)41-32)25(15-48-30(46)40-22-13-47-14-22)19-6-9-24(33)23(10-19)26-37-17-38-42-26/h4-12,17,22,25,28H,13-16H2,1-3H3,(H2,36,41)(H,40,46)(H,37,38,42)/t25-,32-/m1/s1. The first kappa shape index (κ1) is 33.0. The molecule has 0 aliphatic carbocycles. The summed E-state index contributed by atoms with van der Waals surface area (Å²) in [7, 11) is 0. The van der Waals surface area contributed by atoms with Gasteiger partial charge in [-0.25, -0.2) is 19.5 Å². The summed E-state index contributed by atoms with van der Waals surface area (Å²) < 4.78 is 37.6. The molecule has 0 radical (unpaired) electrons. The molecule has 2 aromatic carbocycles. The Bertz CT molecular complexity index is 1820. The van der Waals surface area contributed by atoms with Crippen molar-refractivity contribution in [1.82, 2.24) is 35.2 Å². The topological polar surface area (TPSA) is 166 Å². The molecule has 48 heavy (non-hydrogen) atoms. The van der Waals surface area contributed by atoms with E-state index in [9.17, 15) is 18.4 Å². The molecule has 2 aliphatic rings. The zero-order valence-corrected chi connectivity index (χ0v) is 27.1. The number of guanidine groups is 1. The molecule has 0 spiro atoms. The number of nitrogens with one attached hydrogen (secondary N) is 2. The molecule has 4 heterocycles. The molecule has 4 aromatic rings. The summed E-state index contributed by atoms with van der Waals surface area (Å²) in [5, 5.41) is 13.5. The summed E-state index contributed by atoms with van der Waals surface area (Å²) >= 11 is 6.52. The van der Waals surface area contributed by atoms with Crippen LogP contribution in [0.5, 0.6) is 0 Å². The molecule has 2 aliphatic heterocycles. The Hall–Kier alpha value is -4.89. The second kappa shape index (κ2) is 13.0. The molecule has 2 aromatic heterocycles. The summed E-state index contributed by atoms with van der Waals surface area (Å²) in [4.78, 5) is 38.0. The number of nitrogens with zero attached hydrogens (tertiary/aromatic N) is 6. The largest absolute Gasteiger partial charge is 0.447 e. The van der Waals surface area contributed by atoms with Gasteiger partial charge < -0.3 is 20.5 Å². The fourth-order valence-corrected chi connectivity index (χ4v) is 6.08. The minimum Gasteiger partial charge on any atom is -0.447 e. The molecule has 1 fully saturated rings. The Morgan fingerprint density at radius 3 is 2.56 bits per heavy atom. The number of carbonyl (C=O) groups excluding carboxylic acids is 2. The highest BCUT2D eigenvalue weighted by Crippen LogP contribution is 2.45. The minimum absolute atomic E-state index is 0.0656. The van der Waals surface area contributed by atoms with E-state index in [0.717, 1.165) is 0 Å². The van der Waals surface area contributed by atoms with Crippen LogP contribution >= 0.6 is 11.6 Å². The zero-order chi connectivity index (χ0) is 34.2. The summed E-state index contributed by atoms with van der Waals surface area (Å²) in [5.41, 5.74) is 7.51. The van der Waals surface area contributed by atoms with Crippen molar-refractivity contribution in [2.75, 3.05) is 19.8 Å². The third-order valence-corrected chi connectivity index (χ3v) is 8.43. The van der Waals surface area contributed by atoms with Gasteiger partial charge in [-0.1, -0.05) is 62.7 Å². The smallest absolute Gasteiger partial charge is 0.407 e. The molecular weight excluding hydrogens is 648 g/mol. The lowest BCUT2D eigenvalue weighted by Gasteiger charge is -2.35. The average Bonchev–Trinajstić information content (AvgIpc) is 3.77.